The lowest BCUT2D eigenvalue weighted by molar-refractivity contribution is -0.142. The smallest absolute Gasteiger partial charge is 0.434 e. The van der Waals surface area contributed by atoms with Crippen LogP contribution in [0.4, 0.5) is 27.6 Å². The number of pyridine rings is 1. The monoisotopic (exact) mass is 340 g/mol. The fourth-order valence-electron chi connectivity index (χ4n) is 1.92. The van der Waals surface area contributed by atoms with Gasteiger partial charge in [-0.2, -0.15) is 13.2 Å². The summed E-state index contributed by atoms with van der Waals surface area (Å²) < 4.78 is 74.3. The van der Waals surface area contributed by atoms with E-state index in [0.29, 0.717) is 0 Å². The summed E-state index contributed by atoms with van der Waals surface area (Å²) in [4.78, 5) is 18.2. The minimum absolute atomic E-state index is 0.174. The van der Waals surface area contributed by atoms with Crippen molar-refractivity contribution in [1.82, 2.24) is 4.98 Å². The number of carbonyl (C=O) groups excluding carboxylic acids is 1. The lowest BCUT2D eigenvalue weighted by Gasteiger charge is -2.18. The Balaban J connectivity index is 3.91. The van der Waals surface area contributed by atoms with Gasteiger partial charge in [0.05, 0.1) is 25.5 Å². The Kier molecular flexibility index (Phi) is 5.99. The molecule has 0 saturated heterocycles. The van der Waals surface area contributed by atoms with Crippen LogP contribution in [-0.2, 0) is 22.1 Å². The van der Waals surface area contributed by atoms with Crippen molar-refractivity contribution >= 4 is 18.1 Å². The van der Waals surface area contributed by atoms with Gasteiger partial charge in [0.2, 0.25) is 0 Å². The van der Waals surface area contributed by atoms with Crippen LogP contribution in [0.1, 0.15) is 40.7 Å². The van der Waals surface area contributed by atoms with E-state index in [1.54, 1.807) is 0 Å². The molecule has 10 heteroatoms. The molecule has 0 bridgehead atoms. The minimum Gasteiger partial charge on any atom is -0.486 e. The van der Waals surface area contributed by atoms with Gasteiger partial charge in [-0.25, -0.2) is 23.6 Å². The molecule has 0 radical (unpaired) electrons. The van der Waals surface area contributed by atoms with E-state index in [1.165, 1.54) is 14.0 Å². The number of methoxy groups -OCH3 is 2. The van der Waals surface area contributed by atoms with E-state index < -0.39 is 41.2 Å². The lowest BCUT2D eigenvalue weighted by atomic mass is 9.99. The maximum Gasteiger partial charge on any atom is 0.434 e. The van der Waals surface area contributed by atoms with Gasteiger partial charge in [-0.3, -0.25) is 0 Å². The van der Waals surface area contributed by atoms with E-state index >= 15 is 0 Å². The maximum absolute atomic E-state index is 13.1. The second-order valence-corrected chi connectivity index (χ2v) is 4.16. The predicted molar refractivity (Wildman–Crippen MR) is 70.1 cm³/mol. The summed E-state index contributed by atoms with van der Waals surface area (Å²) in [6.45, 7) is 1.39. The largest absolute Gasteiger partial charge is 0.486 e. The molecule has 1 aromatic rings. The molecule has 1 aromatic heterocycles. The number of aliphatic imine (C=N–C) groups is 1. The van der Waals surface area contributed by atoms with E-state index in [-0.39, 0.29) is 12.0 Å². The van der Waals surface area contributed by atoms with Crippen LogP contribution in [0, 0.1) is 0 Å². The molecule has 1 rings (SSSR count). The molecule has 128 valence electrons. The van der Waals surface area contributed by atoms with Crippen LogP contribution in [-0.4, -0.2) is 31.6 Å². The molecule has 0 aliphatic carbocycles. The Morgan fingerprint density at radius 2 is 1.96 bits per heavy atom. The fourth-order valence-corrected chi connectivity index (χ4v) is 1.92. The first kappa shape index (κ1) is 18.8. The van der Waals surface area contributed by atoms with Crippen LogP contribution in [0.15, 0.2) is 4.99 Å². The molecule has 0 atom stereocenters. The van der Waals surface area contributed by atoms with Crippen LogP contribution in [0.3, 0.4) is 0 Å². The third-order valence-electron chi connectivity index (χ3n) is 2.80. The highest BCUT2D eigenvalue weighted by molar-refractivity contribution is 5.94. The van der Waals surface area contributed by atoms with Crippen LogP contribution in [0.2, 0.25) is 0 Å². The second kappa shape index (κ2) is 7.34. The van der Waals surface area contributed by atoms with Crippen LogP contribution < -0.4 is 0 Å². The van der Waals surface area contributed by atoms with Crippen LogP contribution in [0.25, 0.3) is 0 Å². The standard InChI is InChI=1S/C13H13F5N2O3/c1-4-6-7(12(21)23-3)10(13(16,17)18)20-9(11(14)15)8(6)19-5-22-2/h5,11H,4H2,1-3H3. The number of nitrogens with zero attached hydrogens (tertiary/aromatic N) is 2. The summed E-state index contributed by atoms with van der Waals surface area (Å²) in [5.41, 5.74) is -4.74. The topological polar surface area (TPSA) is 60.8 Å². The van der Waals surface area contributed by atoms with E-state index in [4.69, 9.17) is 0 Å². The Morgan fingerprint density at radius 3 is 2.35 bits per heavy atom. The average molecular weight is 340 g/mol. The van der Waals surface area contributed by atoms with Gasteiger partial charge >= 0.3 is 12.1 Å². The Labute approximate surface area is 128 Å². The summed E-state index contributed by atoms with van der Waals surface area (Å²) in [5.74, 6) is -1.34. The highest BCUT2D eigenvalue weighted by atomic mass is 19.4. The van der Waals surface area contributed by atoms with Gasteiger partial charge in [0, 0.05) is 0 Å². The molecule has 0 amide bonds. The van der Waals surface area contributed by atoms with Gasteiger partial charge in [0.25, 0.3) is 6.43 Å². The van der Waals surface area contributed by atoms with Crippen molar-refractivity contribution in [3.8, 4) is 0 Å². The minimum atomic E-state index is -5.11. The number of hydrogen-bond donors (Lipinski definition) is 0. The van der Waals surface area contributed by atoms with Gasteiger partial charge in [0.1, 0.15) is 5.69 Å². The quantitative estimate of drug-likeness (QED) is 0.355. The molecule has 0 fully saturated rings. The zero-order valence-electron chi connectivity index (χ0n) is 12.4. The number of alkyl halides is 5. The zero-order chi connectivity index (χ0) is 17.8. The number of ether oxygens (including phenoxy) is 2. The number of aromatic nitrogens is 1. The molecule has 1 heterocycles. The summed E-state index contributed by atoms with van der Waals surface area (Å²) in [5, 5.41) is 0. The van der Waals surface area contributed by atoms with Gasteiger partial charge in [-0.1, -0.05) is 6.92 Å². The predicted octanol–water partition coefficient (Wildman–Crippen LogP) is 3.69. The number of rotatable bonds is 5. The van der Waals surface area contributed by atoms with Crippen molar-refractivity contribution in [2.75, 3.05) is 14.2 Å². The van der Waals surface area contributed by atoms with Crippen molar-refractivity contribution in [1.29, 1.82) is 0 Å². The highest BCUT2D eigenvalue weighted by Crippen LogP contribution is 2.40. The van der Waals surface area contributed by atoms with Crippen LogP contribution >= 0.6 is 0 Å². The molecule has 0 aliphatic rings. The lowest BCUT2D eigenvalue weighted by Crippen LogP contribution is -2.20. The first-order valence-electron chi connectivity index (χ1n) is 6.24. The highest BCUT2D eigenvalue weighted by Gasteiger charge is 2.41. The number of esters is 1. The Morgan fingerprint density at radius 1 is 1.35 bits per heavy atom. The van der Waals surface area contributed by atoms with Crippen molar-refractivity contribution in [2.45, 2.75) is 25.9 Å². The van der Waals surface area contributed by atoms with Gasteiger partial charge < -0.3 is 9.47 Å². The molecule has 5 nitrogen and oxygen atoms in total. The number of halogens is 5. The van der Waals surface area contributed by atoms with E-state index in [1.807, 2.05) is 0 Å². The Bertz CT molecular complexity index is 615. The average Bonchev–Trinajstić information content (AvgIpc) is 2.49. The molecular weight excluding hydrogens is 327 g/mol. The van der Waals surface area contributed by atoms with E-state index in [2.05, 4.69) is 19.5 Å². The molecule has 0 saturated carbocycles. The third kappa shape index (κ3) is 3.93. The van der Waals surface area contributed by atoms with Crippen molar-refractivity contribution in [3.05, 3.63) is 22.5 Å². The molecular formula is C13H13F5N2O3. The van der Waals surface area contributed by atoms with Gasteiger partial charge in [0.15, 0.2) is 12.1 Å². The molecule has 0 aliphatic heterocycles. The first-order valence-corrected chi connectivity index (χ1v) is 6.24. The van der Waals surface area contributed by atoms with Gasteiger partial charge in [-0.15, -0.1) is 0 Å². The van der Waals surface area contributed by atoms with Crippen molar-refractivity contribution in [3.63, 3.8) is 0 Å². The maximum atomic E-state index is 13.1. The molecule has 0 aromatic carbocycles. The summed E-state index contributed by atoms with van der Waals surface area (Å²) >= 11 is 0. The summed E-state index contributed by atoms with van der Waals surface area (Å²) in [6, 6.07) is 0. The third-order valence-corrected chi connectivity index (χ3v) is 2.80. The normalized spacial score (nSPS) is 12.0. The van der Waals surface area contributed by atoms with Gasteiger partial charge in [-0.05, 0) is 12.0 Å². The second-order valence-electron chi connectivity index (χ2n) is 4.16. The zero-order valence-corrected chi connectivity index (χ0v) is 12.4. The van der Waals surface area contributed by atoms with Crippen molar-refractivity contribution in [2.24, 2.45) is 4.99 Å². The molecule has 0 spiro atoms. The van der Waals surface area contributed by atoms with Crippen molar-refractivity contribution < 1.29 is 36.2 Å². The van der Waals surface area contributed by atoms with Crippen LogP contribution in [0.5, 0.6) is 0 Å². The Hall–Kier alpha value is -2.26. The summed E-state index contributed by atoms with van der Waals surface area (Å²) in [7, 11) is 2.05. The molecule has 23 heavy (non-hydrogen) atoms. The van der Waals surface area contributed by atoms with E-state index in [0.717, 1.165) is 13.5 Å². The summed E-state index contributed by atoms with van der Waals surface area (Å²) in [6.07, 6.45) is -7.85. The molecule has 0 N–H and O–H groups in total. The first-order chi connectivity index (χ1) is 10.7. The number of carbonyl (C=O) groups is 1. The molecule has 0 unspecified atom stereocenters. The SMILES string of the molecule is CCc1c(N=COC)c(C(F)F)nc(C(F)(F)F)c1C(=O)OC. The number of hydrogen-bond acceptors (Lipinski definition) is 5. The van der Waals surface area contributed by atoms with E-state index in [9.17, 15) is 26.7 Å². The fraction of sp³-hybridized carbons (Fsp3) is 0.462.